The van der Waals surface area contributed by atoms with Crippen molar-refractivity contribution in [2.24, 2.45) is 0 Å². The molecular weight excluding hydrogens is 322 g/mol. The highest BCUT2D eigenvalue weighted by atomic mass is 16.5. The fourth-order valence-corrected chi connectivity index (χ4v) is 2.96. The minimum absolute atomic E-state index is 0.0284. The van der Waals surface area contributed by atoms with Gasteiger partial charge in [0.1, 0.15) is 5.76 Å². The highest BCUT2D eigenvalue weighted by Gasteiger charge is 2.21. The molecule has 2 N–H and O–H groups in total. The maximum absolute atomic E-state index is 11.9. The number of carbonyl (C=O) groups excluding carboxylic acids is 1. The van der Waals surface area contributed by atoms with Crippen molar-refractivity contribution in [3.63, 3.8) is 0 Å². The van der Waals surface area contributed by atoms with Crippen LogP contribution in [0.1, 0.15) is 37.2 Å². The number of likely N-dealkylation sites (tertiary alicyclic amines) is 1. The third-order valence-electron chi connectivity index (χ3n) is 4.27. The van der Waals surface area contributed by atoms with Gasteiger partial charge in [-0.3, -0.25) is 9.69 Å². The maximum atomic E-state index is 11.9. The second kappa shape index (κ2) is 8.77. The zero-order valence-electron chi connectivity index (χ0n) is 14.5. The van der Waals surface area contributed by atoms with Crippen molar-refractivity contribution in [2.45, 2.75) is 45.3 Å². The average Bonchev–Trinajstić information content (AvgIpc) is 3.30. The van der Waals surface area contributed by atoms with Gasteiger partial charge in [-0.05, 0) is 31.5 Å². The van der Waals surface area contributed by atoms with Crippen molar-refractivity contribution < 1.29 is 13.7 Å². The number of aryl methyl sites for hydroxylation is 1. The van der Waals surface area contributed by atoms with Gasteiger partial charge in [-0.2, -0.15) is 4.98 Å². The molecule has 0 bridgehead atoms. The van der Waals surface area contributed by atoms with Crippen molar-refractivity contribution in [3.05, 3.63) is 35.9 Å². The molecule has 1 unspecified atom stereocenters. The summed E-state index contributed by atoms with van der Waals surface area (Å²) < 4.78 is 10.4. The lowest BCUT2D eigenvalue weighted by atomic mass is 10.1. The van der Waals surface area contributed by atoms with E-state index in [0.717, 1.165) is 43.9 Å². The van der Waals surface area contributed by atoms with Crippen LogP contribution >= 0.6 is 0 Å². The Bertz CT molecular complexity index is 655. The molecule has 0 radical (unpaired) electrons. The van der Waals surface area contributed by atoms with Gasteiger partial charge >= 0.3 is 0 Å². The molecule has 0 saturated carbocycles. The van der Waals surface area contributed by atoms with Crippen LogP contribution in [0, 0.1) is 0 Å². The first kappa shape index (κ1) is 17.6. The number of furan rings is 1. The summed E-state index contributed by atoms with van der Waals surface area (Å²) in [4.78, 5) is 18.6. The minimum Gasteiger partial charge on any atom is -0.467 e. The largest absolute Gasteiger partial charge is 0.467 e. The van der Waals surface area contributed by atoms with Gasteiger partial charge in [-0.15, -0.1) is 0 Å². The second-order valence-electron chi connectivity index (χ2n) is 6.27. The van der Waals surface area contributed by atoms with Gasteiger partial charge in [0.15, 0.2) is 5.82 Å². The van der Waals surface area contributed by atoms with Gasteiger partial charge in [-0.25, -0.2) is 0 Å². The van der Waals surface area contributed by atoms with E-state index in [1.807, 2.05) is 19.1 Å². The predicted octanol–water partition coefficient (Wildman–Crippen LogP) is 1.10. The summed E-state index contributed by atoms with van der Waals surface area (Å²) in [6.07, 6.45) is 4.51. The number of hydrogen-bond acceptors (Lipinski definition) is 7. The van der Waals surface area contributed by atoms with Crippen molar-refractivity contribution in [2.75, 3.05) is 19.6 Å². The van der Waals surface area contributed by atoms with E-state index in [4.69, 9.17) is 8.94 Å². The lowest BCUT2D eigenvalue weighted by Gasteiger charge is -2.32. The minimum atomic E-state index is -0.0284. The highest BCUT2D eigenvalue weighted by molar-refractivity contribution is 5.77. The molecule has 2 aromatic rings. The Morgan fingerprint density at radius 1 is 1.48 bits per heavy atom. The van der Waals surface area contributed by atoms with Crippen LogP contribution in [0.2, 0.25) is 0 Å². The number of amides is 1. The molecular formula is C17H25N5O3. The van der Waals surface area contributed by atoms with Crippen LogP contribution < -0.4 is 10.6 Å². The van der Waals surface area contributed by atoms with Crippen LogP contribution in [-0.2, 0) is 24.3 Å². The van der Waals surface area contributed by atoms with Crippen molar-refractivity contribution in [1.82, 2.24) is 25.7 Å². The SMILES string of the molecule is CCc1nc(CN2CCCC(NCC(=O)NCc3ccco3)C2)no1. The Labute approximate surface area is 146 Å². The van der Waals surface area contributed by atoms with E-state index in [-0.39, 0.29) is 5.91 Å². The first-order valence-electron chi connectivity index (χ1n) is 8.79. The Balaban J connectivity index is 1.38. The van der Waals surface area contributed by atoms with Crippen LogP contribution in [-0.4, -0.2) is 46.6 Å². The smallest absolute Gasteiger partial charge is 0.234 e. The van der Waals surface area contributed by atoms with Gasteiger partial charge < -0.3 is 19.6 Å². The first-order chi connectivity index (χ1) is 12.2. The first-order valence-corrected chi connectivity index (χ1v) is 8.79. The molecule has 1 saturated heterocycles. The Hall–Kier alpha value is -2.19. The van der Waals surface area contributed by atoms with E-state index in [0.29, 0.717) is 31.6 Å². The third-order valence-corrected chi connectivity index (χ3v) is 4.27. The number of nitrogens with one attached hydrogen (secondary N) is 2. The second-order valence-corrected chi connectivity index (χ2v) is 6.27. The van der Waals surface area contributed by atoms with E-state index in [1.54, 1.807) is 6.26 Å². The molecule has 3 rings (SSSR count). The quantitative estimate of drug-likeness (QED) is 0.738. The summed E-state index contributed by atoms with van der Waals surface area (Å²) in [6, 6.07) is 3.94. The predicted molar refractivity (Wildman–Crippen MR) is 90.5 cm³/mol. The molecule has 1 aliphatic heterocycles. The summed E-state index contributed by atoms with van der Waals surface area (Å²) in [7, 11) is 0. The van der Waals surface area contributed by atoms with Crippen LogP contribution in [0.4, 0.5) is 0 Å². The van der Waals surface area contributed by atoms with E-state index in [2.05, 4.69) is 25.7 Å². The summed E-state index contributed by atoms with van der Waals surface area (Å²) in [5.74, 6) is 2.13. The Morgan fingerprint density at radius 2 is 2.40 bits per heavy atom. The van der Waals surface area contributed by atoms with E-state index in [9.17, 15) is 4.79 Å². The van der Waals surface area contributed by atoms with Crippen LogP contribution in [0.3, 0.4) is 0 Å². The van der Waals surface area contributed by atoms with Gasteiger partial charge in [0.25, 0.3) is 0 Å². The molecule has 1 atom stereocenters. The molecule has 0 aliphatic carbocycles. The maximum Gasteiger partial charge on any atom is 0.234 e. The van der Waals surface area contributed by atoms with E-state index in [1.165, 1.54) is 0 Å². The number of hydrogen-bond donors (Lipinski definition) is 2. The number of nitrogens with zero attached hydrogens (tertiary/aromatic N) is 3. The molecule has 0 aromatic carbocycles. The molecule has 1 amide bonds. The standard InChI is InChI=1S/C17H25N5O3/c1-2-17-20-15(21-25-17)12-22-7-3-5-13(11-22)18-10-16(23)19-9-14-6-4-8-24-14/h4,6,8,13,18H,2-3,5,7,9-12H2,1H3,(H,19,23). The zero-order valence-corrected chi connectivity index (χ0v) is 14.5. The Kier molecular flexibility index (Phi) is 6.19. The molecule has 8 heteroatoms. The van der Waals surface area contributed by atoms with Gasteiger partial charge in [0, 0.05) is 19.0 Å². The Morgan fingerprint density at radius 3 is 3.16 bits per heavy atom. The number of rotatable bonds is 8. The van der Waals surface area contributed by atoms with Crippen LogP contribution in [0.25, 0.3) is 0 Å². The molecule has 8 nitrogen and oxygen atoms in total. The average molecular weight is 347 g/mol. The van der Waals surface area contributed by atoms with Crippen molar-refractivity contribution in [3.8, 4) is 0 Å². The van der Waals surface area contributed by atoms with Gasteiger partial charge in [-0.1, -0.05) is 12.1 Å². The third kappa shape index (κ3) is 5.40. The van der Waals surface area contributed by atoms with E-state index < -0.39 is 0 Å². The van der Waals surface area contributed by atoms with Crippen molar-refractivity contribution in [1.29, 1.82) is 0 Å². The number of carbonyl (C=O) groups is 1. The lowest BCUT2D eigenvalue weighted by Crippen LogP contribution is -2.48. The topological polar surface area (TPSA) is 96.4 Å². The summed E-state index contributed by atoms with van der Waals surface area (Å²) in [6.45, 7) is 5.30. The van der Waals surface area contributed by atoms with Crippen LogP contribution in [0.5, 0.6) is 0 Å². The monoisotopic (exact) mass is 347 g/mol. The normalized spacial score (nSPS) is 18.4. The van der Waals surface area contributed by atoms with Gasteiger partial charge in [0.05, 0.1) is 25.9 Å². The lowest BCUT2D eigenvalue weighted by molar-refractivity contribution is -0.120. The summed E-state index contributed by atoms with van der Waals surface area (Å²) in [5, 5.41) is 10.2. The summed E-state index contributed by atoms with van der Waals surface area (Å²) in [5.41, 5.74) is 0. The number of piperidine rings is 1. The molecule has 0 spiro atoms. The fourth-order valence-electron chi connectivity index (χ4n) is 2.96. The molecule has 3 heterocycles. The molecule has 2 aromatic heterocycles. The highest BCUT2D eigenvalue weighted by Crippen LogP contribution is 2.12. The molecule has 1 aliphatic rings. The van der Waals surface area contributed by atoms with E-state index >= 15 is 0 Å². The van der Waals surface area contributed by atoms with Crippen molar-refractivity contribution >= 4 is 5.91 Å². The zero-order chi connectivity index (χ0) is 17.5. The molecule has 136 valence electrons. The molecule has 25 heavy (non-hydrogen) atoms. The fraction of sp³-hybridized carbons (Fsp3) is 0.588. The van der Waals surface area contributed by atoms with Gasteiger partial charge in [0.2, 0.25) is 11.8 Å². The number of aromatic nitrogens is 2. The summed E-state index contributed by atoms with van der Waals surface area (Å²) >= 11 is 0. The van der Waals surface area contributed by atoms with Crippen LogP contribution in [0.15, 0.2) is 27.3 Å². The molecule has 1 fully saturated rings.